The highest BCUT2D eigenvalue weighted by molar-refractivity contribution is 5.90. The lowest BCUT2D eigenvalue weighted by molar-refractivity contribution is -0.116. The molecule has 5 N–H and O–H groups in total. The molecule has 1 unspecified atom stereocenters. The summed E-state index contributed by atoms with van der Waals surface area (Å²) in [5, 5.41) is 10.8. The van der Waals surface area contributed by atoms with Gasteiger partial charge in [0.2, 0.25) is 12.2 Å². The average molecular weight is 416 g/mol. The molecule has 1 aromatic carbocycles. The predicted molar refractivity (Wildman–Crippen MR) is 110 cm³/mol. The van der Waals surface area contributed by atoms with E-state index in [2.05, 4.69) is 20.5 Å². The first-order valence-corrected chi connectivity index (χ1v) is 9.20. The molecule has 0 saturated carbocycles. The van der Waals surface area contributed by atoms with Crippen LogP contribution in [0.1, 0.15) is 20.3 Å². The highest BCUT2D eigenvalue weighted by atomic mass is 16.8. The molecule has 2 rings (SSSR count). The van der Waals surface area contributed by atoms with Gasteiger partial charge >= 0.3 is 6.16 Å². The summed E-state index contributed by atoms with van der Waals surface area (Å²) in [4.78, 5) is 27.0. The molecule has 0 aliphatic carbocycles. The molecular weight excluding hydrogens is 392 g/mol. The zero-order valence-corrected chi connectivity index (χ0v) is 16.7. The molecule has 0 aliphatic rings. The van der Waals surface area contributed by atoms with Crippen molar-refractivity contribution in [2.45, 2.75) is 26.6 Å². The lowest BCUT2D eigenvalue weighted by atomic mass is 10.3. The summed E-state index contributed by atoms with van der Waals surface area (Å²) in [6, 6.07) is 9.92. The zero-order valence-electron chi connectivity index (χ0n) is 16.7. The van der Waals surface area contributed by atoms with Crippen molar-refractivity contribution >= 4 is 35.1 Å². The van der Waals surface area contributed by atoms with E-state index in [1.54, 1.807) is 50.2 Å². The van der Waals surface area contributed by atoms with E-state index in [1.165, 1.54) is 0 Å². The molecule has 11 heteroatoms. The van der Waals surface area contributed by atoms with Crippen LogP contribution in [0.5, 0.6) is 5.75 Å². The van der Waals surface area contributed by atoms with Gasteiger partial charge < -0.3 is 31.0 Å². The first-order valence-electron chi connectivity index (χ1n) is 9.20. The van der Waals surface area contributed by atoms with Crippen molar-refractivity contribution in [2.75, 3.05) is 24.2 Å². The molecule has 1 heterocycles. The minimum atomic E-state index is -0.899. The second-order valence-corrected chi connectivity index (χ2v) is 5.84. The Hall–Kier alpha value is -3.73. The van der Waals surface area contributed by atoms with E-state index < -0.39 is 12.4 Å². The largest absolute Gasteiger partial charge is 0.511 e. The SMILES string of the molecule is CCOC(=O)OC(C)Oc1ccccc1N=Nc1ccc(NC(=O)CCN)nc1N. The third kappa shape index (κ3) is 7.02. The van der Waals surface area contributed by atoms with Crippen molar-refractivity contribution < 1.29 is 23.8 Å². The van der Waals surface area contributed by atoms with Crippen LogP contribution in [0.2, 0.25) is 0 Å². The van der Waals surface area contributed by atoms with Crippen LogP contribution in [0, 0.1) is 0 Å². The molecule has 160 valence electrons. The Morgan fingerprint density at radius 2 is 1.90 bits per heavy atom. The number of para-hydroxylation sites is 1. The lowest BCUT2D eigenvalue weighted by Crippen LogP contribution is -2.21. The van der Waals surface area contributed by atoms with E-state index in [1.807, 2.05) is 0 Å². The first-order chi connectivity index (χ1) is 14.4. The van der Waals surface area contributed by atoms with Gasteiger partial charge in [-0.05, 0) is 31.2 Å². The number of hydrogen-bond acceptors (Lipinski definition) is 10. The third-order valence-corrected chi connectivity index (χ3v) is 3.49. The van der Waals surface area contributed by atoms with Crippen molar-refractivity contribution in [3.8, 4) is 5.75 Å². The molecule has 0 fully saturated rings. The highest BCUT2D eigenvalue weighted by Gasteiger charge is 2.13. The monoisotopic (exact) mass is 416 g/mol. The molecule has 1 atom stereocenters. The van der Waals surface area contributed by atoms with E-state index in [0.717, 1.165) is 0 Å². The zero-order chi connectivity index (χ0) is 21.9. The minimum absolute atomic E-state index is 0.0849. The number of azo groups is 1. The summed E-state index contributed by atoms with van der Waals surface area (Å²) < 4.78 is 15.3. The number of nitrogen functional groups attached to an aromatic ring is 1. The molecule has 0 spiro atoms. The number of nitrogens with one attached hydrogen (secondary N) is 1. The minimum Gasteiger partial charge on any atom is -0.453 e. The summed E-state index contributed by atoms with van der Waals surface area (Å²) in [6.45, 7) is 3.65. The number of carbonyl (C=O) groups excluding carboxylic acids is 2. The highest BCUT2D eigenvalue weighted by Crippen LogP contribution is 2.31. The van der Waals surface area contributed by atoms with E-state index >= 15 is 0 Å². The van der Waals surface area contributed by atoms with E-state index in [0.29, 0.717) is 22.9 Å². The number of hydrogen-bond donors (Lipinski definition) is 3. The summed E-state index contributed by atoms with van der Waals surface area (Å²) in [5.41, 5.74) is 11.9. The smallest absolute Gasteiger partial charge is 0.453 e. The van der Waals surface area contributed by atoms with E-state index in [9.17, 15) is 9.59 Å². The Morgan fingerprint density at radius 3 is 2.60 bits per heavy atom. The summed E-state index contributed by atoms with van der Waals surface area (Å²) in [7, 11) is 0. The Morgan fingerprint density at radius 1 is 1.17 bits per heavy atom. The standard InChI is InChI=1S/C19H24N6O5/c1-3-28-19(27)30-12(2)29-15-7-5-4-6-13(15)24-25-14-8-9-16(23-18(14)21)22-17(26)10-11-20/h4-9,12H,3,10-11,20H2,1-2H3,(H3,21,22,23,26). The van der Waals surface area contributed by atoms with E-state index in [-0.39, 0.29) is 31.3 Å². The first kappa shape index (κ1) is 22.6. The topological polar surface area (TPSA) is 164 Å². The molecular formula is C19H24N6O5. The second-order valence-electron chi connectivity index (χ2n) is 5.84. The molecule has 11 nitrogen and oxygen atoms in total. The number of ether oxygens (including phenoxy) is 3. The molecule has 0 radical (unpaired) electrons. The Labute approximate surface area is 173 Å². The van der Waals surface area contributed by atoms with Gasteiger partial charge in [0.1, 0.15) is 17.2 Å². The maximum absolute atomic E-state index is 11.6. The van der Waals surface area contributed by atoms with Gasteiger partial charge in [-0.3, -0.25) is 4.79 Å². The van der Waals surface area contributed by atoms with Gasteiger partial charge in [0.05, 0.1) is 6.61 Å². The molecule has 2 aromatic rings. The summed E-state index contributed by atoms with van der Waals surface area (Å²) >= 11 is 0. The number of benzene rings is 1. The van der Waals surface area contributed by atoms with Crippen LogP contribution in [0.15, 0.2) is 46.6 Å². The Kier molecular flexibility index (Phi) is 8.51. The number of pyridine rings is 1. The van der Waals surface area contributed by atoms with Crippen molar-refractivity contribution in [3.63, 3.8) is 0 Å². The van der Waals surface area contributed by atoms with Gasteiger partial charge in [0, 0.05) is 19.9 Å². The van der Waals surface area contributed by atoms with Crippen LogP contribution in [-0.2, 0) is 14.3 Å². The quantitative estimate of drug-likeness (QED) is 0.318. The fourth-order valence-electron chi connectivity index (χ4n) is 2.20. The van der Waals surface area contributed by atoms with Crippen LogP contribution in [-0.4, -0.2) is 36.5 Å². The van der Waals surface area contributed by atoms with Crippen molar-refractivity contribution in [2.24, 2.45) is 16.0 Å². The fourth-order valence-corrected chi connectivity index (χ4v) is 2.20. The third-order valence-electron chi connectivity index (χ3n) is 3.49. The van der Waals surface area contributed by atoms with Crippen LogP contribution in [0.4, 0.5) is 27.8 Å². The number of carbonyl (C=O) groups is 2. The Balaban J connectivity index is 2.09. The van der Waals surface area contributed by atoms with Crippen molar-refractivity contribution in [3.05, 3.63) is 36.4 Å². The number of nitrogens with zero attached hydrogens (tertiary/aromatic N) is 3. The number of aromatic nitrogens is 1. The molecule has 0 saturated heterocycles. The van der Waals surface area contributed by atoms with Crippen LogP contribution < -0.4 is 21.5 Å². The average Bonchev–Trinajstić information content (AvgIpc) is 2.68. The molecule has 1 aromatic heterocycles. The molecule has 0 bridgehead atoms. The lowest BCUT2D eigenvalue weighted by Gasteiger charge is -2.15. The second kappa shape index (κ2) is 11.3. The normalized spacial score (nSPS) is 11.7. The van der Waals surface area contributed by atoms with Gasteiger partial charge in [-0.1, -0.05) is 12.1 Å². The van der Waals surface area contributed by atoms with Crippen LogP contribution in [0.3, 0.4) is 0 Å². The molecule has 30 heavy (non-hydrogen) atoms. The summed E-state index contributed by atoms with van der Waals surface area (Å²) in [5.74, 6) is 0.458. The maximum atomic E-state index is 11.6. The van der Waals surface area contributed by atoms with Gasteiger partial charge in [-0.25, -0.2) is 9.78 Å². The Bertz CT molecular complexity index is 905. The maximum Gasteiger partial charge on any atom is 0.511 e. The number of rotatable bonds is 9. The van der Waals surface area contributed by atoms with Crippen molar-refractivity contribution in [1.29, 1.82) is 0 Å². The van der Waals surface area contributed by atoms with Crippen LogP contribution in [0.25, 0.3) is 0 Å². The summed E-state index contributed by atoms with van der Waals surface area (Å²) in [6.07, 6.45) is -1.55. The van der Waals surface area contributed by atoms with E-state index in [4.69, 9.17) is 25.7 Å². The van der Waals surface area contributed by atoms with Gasteiger partial charge in [0.25, 0.3) is 0 Å². The molecule has 1 amide bonds. The predicted octanol–water partition coefficient (Wildman–Crippen LogP) is 3.26. The number of nitrogens with two attached hydrogens (primary N) is 2. The van der Waals surface area contributed by atoms with Gasteiger partial charge in [-0.15, -0.1) is 10.2 Å². The number of amides is 1. The number of anilines is 2. The molecule has 0 aliphatic heterocycles. The van der Waals surface area contributed by atoms with Gasteiger partial charge in [-0.2, -0.15) is 0 Å². The van der Waals surface area contributed by atoms with Gasteiger partial charge in [0.15, 0.2) is 11.6 Å². The van der Waals surface area contributed by atoms with Crippen molar-refractivity contribution in [1.82, 2.24) is 4.98 Å². The fraction of sp³-hybridized carbons (Fsp3) is 0.316. The van der Waals surface area contributed by atoms with Crippen LogP contribution >= 0.6 is 0 Å².